The number of carbonyl (C=O) groups excluding carboxylic acids is 1. The average molecular weight is 453 g/mol. The van der Waals surface area contributed by atoms with E-state index in [2.05, 4.69) is 0 Å². The fraction of sp³-hybridized carbons (Fsp3) is 0.300. The minimum atomic E-state index is -0.322. The first-order chi connectivity index (χ1) is 12.6. The zero-order valence-corrected chi connectivity index (χ0v) is 17.6. The third kappa shape index (κ3) is 4.82. The van der Waals surface area contributed by atoms with E-state index in [1.807, 2.05) is 60.0 Å². The van der Waals surface area contributed by atoms with Gasteiger partial charge in [-0.05, 0) is 30.2 Å². The summed E-state index contributed by atoms with van der Waals surface area (Å²) >= 11 is 6.28. The van der Waals surface area contributed by atoms with Crippen LogP contribution < -0.4 is 5.62 Å². The Bertz CT molecular complexity index is 981. The molecule has 1 N–H and O–H groups in total. The fourth-order valence-corrected chi connectivity index (χ4v) is 3.11. The summed E-state index contributed by atoms with van der Waals surface area (Å²) in [5.41, 5.74) is 2.90. The Labute approximate surface area is 173 Å². The maximum absolute atomic E-state index is 12.1. The molecule has 0 spiro atoms. The van der Waals surface area contributed by atoms with Crippen LogP contribution in [-0.2, 0) is 22.6 Å². The van der Waals surface area contributed by atoms with Gasteiger partial charge in [0.05, 0.1) is 24.2 Å². The van der Waals surface area contributed by atoms with E-state index in [0.717, 1.165) is 29.4 Å². The lowest BCUT2D eigenvalue weighted by atomic mass is 10.2. The van der Waals surface area contributed by atoms with Crippen LogP contribution in [0, 0.1) is 5.41 Å². The highest BCUT2D eigenvalue weighted by Gasteiger charge is 2.15. The first kappa shape index (κ1) is 21.3. The second-order valence-corrected chi connectivity index (χ2v) is 6.56. The number of hydrogen-bond acceptors (Lipinski definition) is 3. The van der Waals surface area contributed by atoms with Gasteiger partial charge in [-0.1, -0.05) is 55.3 Å². The summed E-state index contributed by atoms with van der Waals surface area (Å²) in [7, 11) is 0. The Hall–Kier alpha value is -2.05. The van der Waals surface area contributed by atoms with Crippen molar-refractivity contribution in [1.82, 2.24) is 9.13 Å². The predicted molar refractivity (Wildman–Crippen MR) is 113 cm³/mol. The smallest absolute Gasteiger partial charge is 0.326 e. The Balaban J connectivity index is 0.00000261. The lowest BCUT2D eigenvalue weighted by molar-refractivity contribution is -0.144. The van der Waals surface area contributed by atoms with Gasteiger partial charge >= 0.3 is 5.97 Å². The number of carbonyl (C=O) groups is 1. The van der Waals surface area contributed by atoms with Crippen molar-refractivity contribution in [2.45, 2.75) is 32.9 Å². The number of aromatic nitrogens is 2. The number of esters is 1. The fourth-order valence-electron chi connectivity index (χ4n) is 2.92. The number of nitrogens with zero attached hydrogens (tertiary/aromatic N) is 2. The van der Waals surface area contributed by atoms with Gasteiger partial charge in [0.15, 0.2) is 0 Å². The maximum atomic E-state index is 12.1. The van der Waals surface area contributed by atoms with Crippen molar-refractivity contribution in [1.29, 1.82) is 5.41 Å². The Morgan fingerprint density at radius 2 is 1.70 bits per heavy atom. The van der Waals surface area contributed by atoms with Crippen LogP contribution in [0.4, 0.5) is 0 Å². The van der Waals surface area contributed by atoms with E-state index in [1.54, 1.807) is 4.57 Å². The van der Waals surface area contributed by atoms with E-state index in [0.29, 0.717) is 18.2 Å². The molecule has 0 saturated heterocycles. The Kier molecular flexibility index (Phi) is 7.68. The van der Waals surface area contributed by atoms with Crippen LogP contribution in [0.15, 0.2) is 48.5 Å². The minimum Gasteiger partial charge on any atom is -0.464 e. The molecule has 7 heteroatoms. The number of imidazole rings is 1. The van der Waals surface area contributed by atoms with E-state index >= 15 is 0 Å². The normalized spacial score (nSPS) is 10.6. The summed E-state index contributed by atoms with van der Waals surface area (Å²) in [6.07, 6.45) is 1.82. The van der Waals surface area contributed by atoms with E-state index in [4.69, 9.17) is 21.7 Å². The molecule has 0 amide bonds. The highest BCUT2D eigenvalue weighted by Crippen LogP contribution is 2.19. The van der Waals surface area contributed by atoms with Crippen molar-refractivity contribution in [3.8, 4) is 0 Å². The van der Waals surface area contributed by atoms with E-state index in [1.165, 1.54) is 0 Å². The van der Waals surface area contributed by atoms with Gasteiger partial charge in [-0.2, -0.15) is 0 Å². The van der Waals surface area contributed by atoms with Crippen LogP contribution in [0.3, 0.4) is 0 Å². The quantitative estimate of drug-likeness (QED) is 0.422. The van der Waals surface area contributed by atoms with Gasteiger partial charge in [-0.25, -0.2) is 0 Å². The molecule has 0 aliphatic rings. The molecule has 144 valence electrons. The number of hydrogen-bond donors (Lipinski definition) is 1. The molecule has 1 heterocycles. The molecule has 1 aromatic heterocycles. The van der Waals surface area contributed by atoms with Crippen LogP contribution in [0.25, 0.3) is 11.0 Å². The number of halogens is 2. The lowest BCUT2D eigenvalue weighted by Crippen LogP contribution is -2.28. The molecule has 27 heavy (non-hydrogen) atoms. The summed E-state index contributed by atoms with van der Waals surface area (Å²) in [5, 5.41) is 9.24. The van der Waals surface area contributed by atoms with Crippen LogP contribution in [0.5, 0.6) is 0 Å². The molecule has 0 bridgehead atoms. The molecule has 0 fully saturated rings. The second-order valence-electron chi connectivity index (χ2n) is 6.15. The first-order valence-corrected chi connectivity index (χ1v) is 9.11. The van der Waals surface area contributed by atoms with Crippen LogP contribution in [-0.4, -0.2) is 21.7 Å². The van der Waals surface area contributed by atoms with Crippen LogP contribution in [0.1, 0.15) is 25.3 Å². The molecule has 5 nitrogen and oxygen atoms in total. The largest absolute Gasteiger partial charge is 0.464 e. The Morgan fingerprint density at radius 3 is 2.37 bits per heavy atom. The third-order valence-corrected chi connectivity index (χ3v) is 4.68. The number of para-hydroxylation sites is 2. The summed E-state index contributed by atoms with van der Waals surface area (Å²) in [4.78, 5) is 12.1. The molecule has 3 aromatic rings. The van der Waals surface area contributed by atoms with Gasteiger partial charge in [-0.3, -0.25) is 14.8 Å². The van der Waals surface area contributed by atoms with Gasteiger partial charge in [-0.15, -0.1) is 17.0 Å². The van der Waals surface area contributed by atoms with Crippen LogP contribution in [0.2, 0.25) is 5.02 Å². The molecule has 0 radical (unpaired) electrons. The van der Waals surface area contributed by atoms with Gasteiger partial charge in [0.25, 0.3) is 0 Å². The predicted octanol–water partition coefficient (Wildman–Crippen LogP) is 4.55. The lowest BCUT2D eigenvalue weighted by Gasteiger charge is -2.07. The molecular weight excluding hydrogens is 430 g/mol. The zero-order valence-electron chi connectivity index (χ0n) is 15.2. The van der Waals surface area contributed by atoms with Gasteiger partial charge in [0, 0.05) is 5.02 Å². The number of ether oxygens (including phenoxy) is 1. The van der Waals surface area contributed by atoms with Crippen molar-refractivity contribution >= 4 is 45.6 Å². The van der Waals surface area contributed by atoms with Gasteiger partial charge in [0.2, 0.25) is 5.62 Å². The molecule has 0 aliphatic heterocycles. The number of nitrogens with one attached hydrogen (secondary N) is 1. The molecule has 0 unspecified atom stereocenters. The van der Waals surface area contributed by atoms with Crippen molar-refractivity contribution in [2.24, 2.45) is 0 Å². The standard InChI is InChI=1S/C20H22ClN3O2.BrH/c1-2-3-12-26-19(25)14-24-18-11-7-6-10-17(18)23(20(24)22)13-15-8-4-5-9-16(15)21;/h4-11,22H,2-3,12-14H2,1H3;1H. The van der Waals surface area contributed by atoms with E-state index in [9.17, 15) is 4.79 Å². The monoisotopic (exact) mass is 451 g/mol. The highest BCUT2D eigenvalue weighted by atomic mass is 79.9. The molecule has 0 saturated carbocycles. The maximum Gasteiger partial charge on any atom is 0.326 e. The molecular formula is C20H23BrClN3O2. The topological polar surface area (TPSA) is 60.0 Å². The number of benzene rings is 2. The summed E-state index contributed by atoms with van der Waals surface area (Å²) in [6, 6.07) is 15.3. The zero-order chi connectivity index (χ0) is 18.5. The third-order valence-electron chi connectivity index (χ3n) is 4.31. The summed E-state index contributed by atoms with van der Waals surface area (Å²) < 4.78 is 8.80. The highest BCUT2D eigenvalue weighted by molar-refractivity contribution is 8.93. The van der Waals surface area contributed by atoms with Crippen molar-refractivity contribution < 1.29 is 9.53 Å². The van der Waals surface area contributed by atoms with Crippen molar-refractivity contribution in [3.05, 3.63) is 64.7 Å². The molecule has 0 atom stereocenters. The van der Waals surface area contributed by atoms with E-state index < -0.39 is 0 Å². The van der Waals surface area contributed by atoms with Crippen LogP contribution >= 0.6 is 28.6 Å². The average Bonchev–Trinajstić information content (AvgIpc) is 2.90. The number of fused-ring (bicyclic) bond motifs is 1. The second kappa shape index (κ2) is 9.76. The van der Waals surface area contributed by atoms with Crippen molar-refractivity contribution in [2.75, 3.05) is 6.61 Å². The minimum absolute atomic E-state index is 0. The summed E-state index contributed by atoms with van der Waals surface area (Å²) in [5.74, 6) is -0.322. The summed E-state index contributed by atoms with van der Waals surface area (Å²) in [6.45, 7) is 2.96. The number of rotatable bonds is 7. The SMILES string of the molecule is Br.CCCCOC(=O)Cn1c(=N)n(Cc2ccccc2Cl)c2ccccc21. The first-order valence-electron chi connectivity index (χ1n) is 8.73. The Morgan fingerprint density at radius 1 is 1.07 bits per heavy atom. The molecule has 0 aliphatic carbocycles. The molecule has 3 rings (SSSR count). The van der Waals surface area contributed by atoms with Gasteiger partial charge < -0.3 is 9.30 Å². The number of unbranched alkanes of at least 4 members (excludes halogenated alkanes) is 1. The van der Waals surface area contributed by atoms with E-state index in [-0.39, 0.29) is 35.1 Å². The van der Waals surface area contributed by atoms with Gasteiger partial charge in [0.1, 0.15) is 6.54 Å². The molecule has 2 aromatic carbocycles. The van der Waals surface area contributed by atoms with Crippen molar-refractivity contribution in [3.63, 3.8) is 0 Å².